The van der Waals surface area contributed by atoms with Crippen LogP contribution in [0.4, 0.5) is 0 Å². The predicted octanol–water partition coefficient (Wildman–Crippen LogP) is 2.62. The molecule has 0 aromatic heterocycles. The Bertz CT molecular complexity index is 47.7. The summed E-state index contributed by atoms with van der Waals surface area (Å²) in [7, 11) is 0. The summed E-state index contributed by atoms with van der Waals surface area (Å²) in [6.07, 6.45) is 0. The van der Waals surface area contributed by atoms with Crippen molar-refractivity contribution >= 4 is 16.5 Å². The molecule has 0 nitrogen and oxygen atoms in total. The Balaban J connectivity index is 0. The molecule has 64 valence electrons. The molecule has 1 heteroatoms. The second-order valence-electron chi connectivity index (χ2n) is 6.00. The molecule has 0 N–H and O–H groups in total. The van der Waals surface area contributed by atoms with Crippen LogP contribution in [0.1, 0.15) is 48.5 Å². The second-order valence-corrected chi connectivity index (χ2v) is 12.3. The maximum absolute atomic E-state index is 2.27. The van der Waals surface area contributed by atoms with E-state index in [9.17, 15) is 0 Å². The third-order valence-electron chi connectivity index (χ3n) is 0. The van der Waals surface area contributed by atoms with E-state index in [0.29, 0.717) is 9.66 Å². The van der Waals surface area contributed by atoms with Crippen molar-refractivity contribution in [3.63, 3.8) is 0 Å². The Morgan fingerprint density at radius 1 is 0.700 bits per heavy atom. The Labute approximate surface area is 75.0 Å². The molecule has 0 spiro atoms. The summed E-state index contributed by atoms with van der Waals surface area (Å²) < 4.78 is 0.688. The molecule has 0 aliphatic rings. The Morgan fingerprint density at radius 2 is 0.700 bits per heavy atom. The fourth-order valence-electron chi connectivity index (χ4n) is 0. The minimum atomic E-state index is 0.500. The van der Waals surface area contributed by atoms with Gasteiger partial charge in [0, 0.05) is 0 Å². The molecule has 0 radical (unpaired) electrons. The molecule has 0 aromatic carbocycles. The van der Waals surface area contributed by atoms with E-state index < -0.39 is 0 Å². The number of rotatable bonds is 0. The van der Waals surface area contributed by atoms with Crippen LogP contribution in [0.25, 0.3) is 0 Å². The van der Waals surface area contributed by atoms with E-state index in [0.717, 1.165) is 16.5 Å². The summed E-state index contributed by atoms with van der Waals surface area (Å²) in [6, 6.07) is 0. The molecule has 0 saturated carbocycles. The summed E-state index contributed by atoms with van der Waals surface area (Å²) >= 11 is 1.00. The normalized spacial score (nSPS) is 12.3. The molecule has 0 atom stereocenters. The van der Waals surface area contributed by atoms with Crippen molar-refractivity contribution < 1.29 is 0 Å². The van der Waals surface area contributed by atoms with Gasteiger partial charge in [0.2, 0.25) is 0 Å². The van der Waals surface area contributed by atoms with Gasteiger partial charge >= 0.3 is 41.5 Å². The Kier molecular flexibility index (Phi) is 5.82. The van der Waals surface area contributed by atoms with Gasteiger partial charge in [-0.1, -0.05) is 27.7 Å². The van der Waals surface area contributed by atoms with Gasteiger partial charge in [-0.2, -0.15) is 0 Å². The maximum atomic E-state index is 2.27. The van der Waals surface area contributed by atoms with Crippen molar-refractivity contribution in [1.29, 1.82) is 0 Å². The number of hydrogen-bond donors (Lipinski definition) is 0. The predicted molar refractivity (Wildman–Crippen MR) is 54.8 cm³/mol. The van der Waals surface area contributed by atoms with Crippen LogP contribution in [0.2, 0.25) is 4.25 Å². The van der Waals surface area contributed by atoms with E-state index in [4.69, 9.17) is 0 Å². The first kappa shape index (κ1) is 13.2. The van der Waals surface area contributed by atoms with Gasteiger partial charge in [0.15, 0.2) is 0 Å². The van der Waals surface area contributed by atoms with Crippen LogP contribution in [-0.4, -0.2) is 16.5 Å². The van der Waals surface area contributed by atoms with Gasteiger partial charge in [0.05, 0.1) is 0 Å². The van der Waals surface area contributed by atoms with Crippen molar-refractivity contribution in [2.45, 2.75) is 52.7 Å². The fourth-order valence-corrected chi connectivity index (χ4v) is 0. The molecule has 0 amide bonds. The first-order chi connectivity index (χ1) is 4.00. The molecule has 0 heterocycles. The van der Waals surface area contributed by atoms with Crippen molar-refractivity contribution in [2.24, 2.45) is 5.41 Å². The van der Waals surface area contributed by atoms with Crippen molar-refractivity contribution in [1.82, 2.24) is 0 Å². The van der Waals surface area contributed by atoms with Gasteiger partial charge in [-0.15, -0.1) is 0 Å². The summed E-state index contributed by atoms with van der Waals surface area (Å²) in [5, 5.41) is 0. The van der Waals surface area contributed by atoms with Crippen molar-refractivity contribution in [3.05, 3.63) is 0 Å². The molecule has 0 aromatic rings. The van der Waals surface area contributed by atoms with Crippen LogP contribution in [-0.2, 0) is 0 Å². The minimum absolute atomic E-state index is 0.500. The zero-order valence-electron chi connectivity index (χ0n) is 9.00. The third kappa shape index (κ3) is 1650. The van der Waals surface area contributed by atoms with Gasteiger partial charge in [-0.25, -0.2) is 0 Å². The van der Waals surface area contributed by atoms with Crippen LogP contribution in [0, 0.1) is 5.41 Å². The molecule has 0 aliphatic carbocycles. The second kappa shape index (κ2) is 4.43. The van der Waals surface area contributed by atoms with Crippen LogP contribution >= 0.6 is 0 Å². The van der Waals surface area contributed by atoms with Crippen molar-refractivity contribution in [3.8, 4) is 0 Å². The van der Waals surface area contributed by atoms with Gasteiger partial charge in [-0.3, -0.25) is 0 Å². The fraction of sp³-hybridized carbons (Fsp3) is 1.00. The monoisotopic (exact) mass is 206 g/mol. The van der Waals surface area contributed by atoms with E-state index in [1.165, 1.54) is 0 Å². The first-order valence-corrected chi connectivity index (χ1v) is 6.10. The summed E-state index contributed by atoms with van der Waals surface area (Å²) in [4.78, 5) is 0. The third-order valence-corrected chi connectivity index (χ3v) is 0. The Morgan fingerprint density at radius 3 is 0.700 bits per heavy atom. The van der Waals surface area contributed by atoms with Crippen LogP contribution in [0.15, 0.2) is 0 Å². The average Bonchev–Trinajstić information content (AvgIpc) is 1.12. The quantitative estimate of drug-likeness (QED) is 0.533. The van der Waals surface area contributed by atoms with Crippen LogP contribution in [0.3, 0.4) is 0 Å². The Hall–Kier alpha value is 0.543. The van der Waals surface area contributed by atoms with Crippen LogP contribution in [0.5, 0.6) is 0 Å². The van der Waals surface area contributed by atoms with Gasteiger partial charge in [0.1, 0.15) is 0 Å². The van der Waals surface area contributed by atoms with E-state index in [-0.39, 0.29) is 0 Å². The number of hydrogen-bond acceptors (Lipinski definition) is 0. The molecular formula is C9H24Ge. The zero-order valence-corrected chi connectivity index (χ0v) is 13.2. The van der Waals surface area contributed by atoms with Gasteiger partial charge in [-0.05, 0) is 5.41 Å². The SMILES string of the molecule is CC(C)(C)C.C[C](C)(C)[GeH3]. The zero-order chi connectivity index (χ0) is 9.00. The standard InChI is InChI=1S/C5H12.C4H12Ge/c1-5(2,3)4;1-4(2,3)5/h1-4H3;1-3,5H3. The first-order valence-electron chi connectivity index (χ1n) is 4.00. The molecule has 0 aliphatic heterocycles. The molecule has 10 heavy (non-hydrogen) atoms. The van der Waals surface area contributed by atoms with Crippen LogP contribution < -0.4 is 0 Å². The average molecular weight is 205 g/mol. The summed E-state index contributed by atoms with van der Waals surface area (Å²) in [6.45, 7) is 15.6. The van der Waals surface area contributed by atoms with Crippen molar-refractivity contribution in [2.75, 3.05) is 0 Å². The topological polar surface area (TPSA) is 0 Å². The van der Waals surface area contributed by atoms with Gasteiger partial charge < -0.3 is 0 Å². The molecular weight excluding hydrogens is 181 g/mol. The van der Waals surface area contributed by atoms with E-state index >= 15 is 0 Å². The van der Waals surface area contributed by atoms with E-state index in [1.54, 1.807) is 0 Å². The molecule has 0 fully saturated rings. The van der Waals surface area contributed by atoms with Gasteiger partial charge in [0.25, 0.3) is 0 Å². The molecule has 0 rings (SSSR count). The molecule has 0 unspecified atom stereocenters. The summed E-state index contributed by atoms with van der Waals surface area (Å²) in [5.41, 5.74) is 0.500. The van der Waals surface area contributed by atoms with E-state index in [2.05, 4.69) is 48.5 Å². The van der Waals surface area contributed by atoms with E-state index in [1.807, 2.05) is 0 Å². The molecule has 0 bridgehead atoms. The summed E-state index contributed by atoms with van der Waals surface area (Å²) in [5.74, 6) is 0. The molecule has 0 saturated heterocycles.